The van der Waals surface area contributed by atoms with Crippen molar-refractivity contribution in [3.05, 3.63) is 46.1 Å². The molecule has 136 valence electrons. The predicted octanol–water partition coefficient (Wildman–Crippen LogP) is 2.55. The summed E-state index contributed by atoms with van der Waals surface area (Å²) < 4.78 is 10.8. The van der Waals surface area contributed by atoms with E-state index in [-0.39, 0.29) is 51.2 Å². The number of phenolic OH excluding ortho intramolecular Hbond substituents is 3. The number of aliphatic hydroxyl groups excluding tert-OH is 1. The second kappa shape index (κ2) is 6.27. The average molecular weight is 358 g/mol. The second-order valence-electron chi connectivity index (χ2n) is 6.08. The van der Waals surface area contributed by atoms with Crippen LogP contribution in [0, 0.1) is 0 Å². The van der Waals surface area contributed by atoms with Gasteiger partial charge in [0.15, 0.2) is 11.3 Å². The molecule has 3 rings (SSSR count). The average Bonchev–Trinajstić information content (AvgIpc) is 2.59. The Morgan fingerprint density at radius 3 is 2.50 bits per heavy atom. The summed E-state index contributed by atoms with van der Waals surface area (Å²) in [4.78, 5) is 12.8. The number of ether oxygens (including phenoxy) is 1. The zero-order chi connectivity index (χ0) is 19.2. The van der Waals surface area contributed by atoms with Crippen LogP contribution in [0.15, 0.2) is 39.6 Å². The molecule has 0 aliphatic rings. The first-order chi connectivity index (χ1) is 12.3. The van der Waals surface area contributed by atoms with Gasteiger partial charge in [0.2, 0.25) is 5.43 Å². The molecule has 0 amide bonds. The maximum absolute atomic E-state index is 12.8. The summed E-state index contributed by atoms with van der Waals surface area (Å²) in [7, 11) is 1.37. The molecule has 26 heavy (non-hydrogen) atoms. The molecule has 0 aliphatic heterocycles. The number of methoxy groups -OCH3 is 1. The molecule has 4 N–H and O–H groups in total. The highest BCUT2D eigenvalue weighted by Crippen LogP contribution is 2.39. The van der Waals surface area contributed by atoms with E-state index in [2.05, 4.69) is 6.58 Å². The first kappa shape index (κ1) is 17.6. The molecule has 1 atom stereocenters. The van der Waals surface area contributed by atoms with Gasteiger partial charge in [-0.25, -0.2) is 0 Å². The van der Waals surface area contributed by atoms with Crippen molar-refractivity contribution in [2.75, 3.05) is 7.11 Å². The Balaban J connectivity index is 2.42. The van der Waals surface area contributed by atoms with Gasteiger partial charge in [0.1, 0.15) is 33.6 Å². The molecule has 3 aromatic rings. The highest BCUT2D eigenvalue weighted by molar-refractivity contribution is 5.99. The van der Waals surface area contributed by atoms with Crippen LogP contribution in [0.4, 0.5) is 0 Å². The van der Waals surface area contributed by atoms with Crippen LogP contribution in [0.25, 0.3) is 21.9 Å². The van der Waals surface area contributed by atoms with Crippen LogP contribution in [0.5, 0.6) is 23.0 Å². The van der Waals surface area contributed by atoms with Gasteiger partial charge in [-0.15, -0.1) is 0 Å². The molecule has 1 unspecified atom stereocenters. The van der Waals surface area contributed by atoms with Crippen molar-refractivity contribution in [1.29, 1.82) is 0 Å². The zero-order valence-electron chi connectivity index (χ0n) is 14.2. The summed E-state index contributed by atoms with van der Waals surface area (Å²) in [6.45, 7) is 5.30. The van der Waals surface area contributed by atoms with E-state index in [0.29, 0.717) is 5.57 Å². The molecule has 1 aromatic heterocycles. The fourth-order valence-corrected chi connectivity index (χ4v) is 2.83. The maximum Gasteiger partial charge on any atom is 0.208 e. The van der Waals surface area contributed by atoms with Crippen molar-refractivity contribution >= 4 is 21.9 Å². The largest absolute Gasteiger partial charge is 0.507 e. The lowest BCUT2D eigenvalue weighted by Crippen LogP contribution is -2.13. The smallest absolute Gasteiger partial charge is 0.208 e. The van der Waals surface area contributed by atoms with Crippen molar-refractivity contribution in [3.63, 3.8) is 0 Å². The molecule has 0 saturated heterocycles. The Kier molecular flexibility index (Phi) is 4.25. The molecule has 0 spiro atoms. The van der Waals surface area contributed by atoms with Gasteiger partial charge in [-0.1, -0.05) is 12.2 Å². The highest BCUT2D eigenvalue weighted by atomic mass is 16.5. The van der Waals surface area contributed by atoms with Crippen LogP contribution in [0.2, 0.25) is 0 Å². The number of benzene rings is 2. The van der Waals surface area contributed by atoms with E-state index < -0.39 is 17.3 Å². The van der Waals surface area contributed by atoms with Crippen molar-refractivity contribution in [3.8, 4) is 23.0 Å². The topological polar surface area (TPSA) is 120 Å². The van der Waals surface area contributed by atoms with E-state index in [9.17, 15) is 25.2 Å². The first-order valence-corrected chi connectivity index (χ1v) is 7.80. The Bertz CT molecular complexity index is 1090. The quantitative estimate of drug-likeness (QED) is 0.321. The van der Waals surface area contributed by atoms with Gasteiger partial charge < -0.3 is 29.6 Å². The van der Waals surface area contributed by atoms with Crippen LogP contribution in [0.1, 0.15) is 12.5 Å². The van der Waals surface area contributed by atoms with E-state index in [1.54, 1.807) is 6.92 Å². The second-order valence-corrected chi connectivity index (χ2v) is 6.08. The SMILES string of the molecule is C=C(C)C(O)Cc1c(OC)cc2oc3c(O)ccc(O)c3c(=O)c2c1O. The fourth-order valence-electron chi connectivity index (χ4n) is 2.83. The zero-order valence-corrected chi connectivity index (χ0v) is 14.2. The molecule has 0 saturated carbocycles. The van der Waals surface area contributed by atoms with Crippen molar-refractivity contribution in [2.45, 2.75) is 19.4 Å². The standard InChI is InChI=1S/C19H18O7/c1-8(2)12(22)6-9-13(25-3)7-14-16(17(9)23)18(24)15-10(20)4-5-11(21)19(15)26-14/h4-5,7,12,20-23H,1,6H2,2-3H3. The van der Waals surface area contributed by atoms with Crippen LogP contribution < -0.4 is 10.2 Å². The Hall–Kier alpha value is -3.19. The van der Waals surface area contributed by atoms with Crippen LogP contribution in [-0.2, 0) is 6.42 Å². The number of hydrogen-bond acceptors (Lipinski definition) is 7. The van der Waals surface area contributed by atoms with Crippen molar-refractivity contribution in [2.24, 2.45) is 0 Å². The summed E-state index contributed by atoms with van der Waals surface area (Å²) in [6, 6.07) is 3.74. The number of phenols is 3. The fraction of sp³-hybridized carbons (Fsp3) is 0.211. The Labute approximate surface area is 148 Å². The van der Waals surface area contributed by atoms with Crippen LogP contribution in [-0.4, -0.2) is 33.6 Å². The predicted molar refractivity (Wildman–Crippen MR) is 96.1 cm³/mol. The monoisotopic (exact) mass is 358 g/mol. The molecule has 0 fully saturated rings. The van der Waals surface area contributed by atoms with E-state index in [0.717, 1.165) is 6.07 Å². The van der Waals surface area contributed by atoms with Crippen molar-refractivity contribution in [1.82, 2.24) is 0 Å². The summed E-state index contributed by atoms with van der Waals surface area (Å²) in [5.74, 6) is -0.917. The van der Waals surface area contributed by atoms with E-state index in [4.69, 9.17) is 9.15 Å². The van der Waals surface area contributed by atoms with Crippen molar-refractivity contribution < 1.29 is 29.6 Å². The number of fused-ring (bicyclic) bond motifs is 2. The molecular formula is C19H18O7. The molecule has 7 nitrogen and oxygen atoms in total. The lowest BCUT2D eigenvalue weighted by Gasteiger charge is -2.16. The summed E-state index contributed by atoms with van der Waals surface area (Å²) in [5, 5.41) is 40.2. The van der Waals surface area contributed by atoms with Crippen LogP contribution >= 0.6 is 0 Å². The van der Waals surface area contributed by atoms with E-state index in [1.165, 1.54) is 19.2 Å². The lowest BCUT2D eigenvalue weighted by atomic mass is 9.98. The summed E-state index contributed by atoms with van der Waals surface area (Å²) in [6.07, 6.45) is -0.971. The highest BCUT2D eigenvalue weighted by Gasteiger charge is 2.23. The molecule has 1 heterocycles. The Morgan fingerprint density at radius 2 is 1.88 bits per heavy atom. The van der Waals surface area contributed by atoms with Gasteiger partial charge in [0.05, 0.1) is 13.2 Å². The number of aliphatic hydroxyl groups is 1. The third-order valence-corrected chi connectivity index (χ3v) is 4.30. The van der Waals surface area contributed by atoms with Crippen LogP contribution in [0.3, 0.4) is 0 Å². The van der Waals surface area contributed by atoms with Gasteiger partial charge in [0.25, 0.3) is 0 Å². The normalized spacial score (nSPS) is 12.4. The summed E-state index contributed by atoms with van der Waals surface area (Å²) >= 11 is 0. The third-order valence-electron chi connectivity index (χ3n) is 4.30. The molecule has 7 heteroatoms. The van der Waals surface area contributed by atoms with E-state index in [1.807, 2.05) is 0 Å². The lowest BCUT2D eigenvalue weighted by molar-refractivity contribution is 0.209. The molecule has 2 aromatic carbocycles. The van der Waals surface area contributed by atoms with Gasteiger partial charge in [-0.05, 0) is 19.1 Å². The first-order valence-electron chi connectivity index (χ1n) is 7.80. The molecule has 0 radical (unpaired) electrons. The third kappa shape index (κ3) is 2.62. The minimum absolute atomic E-state index is 0.0219. The van der Waals surface area contributed by atoms with E-state index >= 15 is 0 Å². The molecule has 0 aliphatic carbocycles. The number of aromatic hydroxyl groups is 3. The van der Waals surface area contributed by atoms with Gasteiger partial charge in [0, 0.05) is 18.1 Å². The molecule has 0 bridgehead atoms. The minimum atomic E-state index is -0.947. The van der Waals surface area contributed by atoms with Gasteiger partial charge in [-0.2, -0.15) is 0 Å². The van der Waals surface area contributed by atoms with Gasteiger partial charge in [-0.3, -0.25) is 4.79 Å². The Morgan fingerprint density at radius 1 is 1.23 bits per heavy atom. The maximum atomic E-state index is 12.8. The summed E-state index contributed by atoms with van der Waals surface area (Å²) in [5.41, 5.74) is -0.229. The number of rotatable bonds is 4. The minimum Gasteiger partial charge on any atom is -0.507 e. The van der Waals surface area contributed by atoms with Gasteiger partial charge >= 0.3 is 0 Å². The molecular weight excluding hydrogens is 340 g/mol. The number of hydrogen-bond donors (Lipinski definition) is 4.